The van der Waals surface area contributed by atoms with Gasteiger partial charge in [0.1, 0.15) is 0 Å². The maximum Gasteiger partial charge on any atom is 0.366 e. The van der Waals surface area contributed by atoms with Gasteiger partial charge in [-0.1, -0.05) is 47.6 Å². The lowest BCUT2D eigenvalue weighted by Gasteiger charge is -2.55. The Labute approximate surface area is 197 Å². The van der Waals surface area contributed by atoms with E-state index in [0.717, 1.165) is 11.6 Å². The molecule has 0 amide bonds. The number of rotatable bonds is 4. The Kier molecular flexibility index (Phi) is 6.31. The molecule has 6 atom stereocenters. The molecular formula is C21H40O7S2Si2. The van der Waals surface area contributed by atoms with Gasteiger partial charge < -0.3 is 13.0 Å². The van der Waals surface area contributed by atoms with Gasteiger partial charge in [-0.2, -0.15) is 0 Å². The van der Waals surface area contributed by atoms with Crippen molar-refractivity contribution in [1.82, 2.24) is 0 Å². The molecule has 0 spiro atoms. The van der Waals surface area contributed by atoms with Gasteiger partial charge in [-0.25, -0.2) is 12.6 Å². The van der Waals surface area contributed by atoms with Crippen LogP contribution in [0.4, 0.5) is 0 Å². The molecule has 186 valence electrons. The summed E-state index contributed by atoms with van der Waals surface area (Å²) in [4.78, 5) is 0. The van der Waals surface area contributed by atoms with Crippen molar-refractivity contribution in [3.63, 3.8) is 0 Å². The number of fused-ring (bicyclic) bond motifs is 2. The first-order chi connectivity index (χ1) is 14.2. The third-order valence-corrected chi connectivity index (χ3v) is 24.1. The topological polar surface area (TPSA) is 99.1 Å². The fraction of sp³-hybridized carbons (Fsp3) is 0.905. The van der Waals surface area contributed by atoms with E-state index in [1.165, 1.54) is 0 Å². The molecule has 0 radical (unpaired) electrons. The van der Waals surface area contributed by atoms with Crippen LogP contribution in [0, 0.1) is 5.92 Å². The zero-order chi connectivity index (χ0) is 24.8. The molecule has 2 fully saturated rings. The SMILES string of the molecule is CCC1(C)O[Si]2(C)O[Si](C3=CC(C)C(S(=O)(=O)S(=O)O)CC3)(OC1(C)C)C(C)(C)C2(C)C. The molecule has 1 aliphatic carbocycles. The minimum absolute atomic E-state index is 0.251. The second-order valence-corrected chi connectivity index (χ2v) is 23.3. The van der Waals surface area contributed by atoms with E-state index in [1.807, 2.05) is 6.08 Å². The normalized spacial score (nSPS) is 43.9. The summed E-state index contributed by atoms with van der Waals surface area (Å²) in [5.74, 6) is -0.411. The van der Waals surface area contributed by atoms with Crippen molar-refractivity contribution in [3.05, 3.63) is 11.3 Å². The van der Waals surface area contributed by atoms with Gasteiger partial charge in [0.2, 0.25) is 0 Å². The van der Waals surface area contributed by atoms with Crippen LogP contribution in [0.25, 0.3) is 0 Å². The molecule has 2 aliphatic heterocycles. The van der Waals surface area contributed by atoms with E-state index in [-0.39, 0.29) is 16.5 Å². The summed E-state index contributed by atoms with van der Waals surface area (Å²) in [7, 11) is -12.9. The van der Waals surface area contributed by atoms with Gasteiger partial charge >= 0.3 is 17.1 Å². The monoisotopic (exact) mass is 524 g/mol. The Morgan fingerprint density at radius 3 is 2.16 bits per heavy atom. The van der Waals surface area contributed by atoms with Crippen LogP contribution in [0.1, 0.15) is 81.6 Å². The fourth-order valence-corrected chi connectivity index (χ4v) is 21.2. The van der Waals surface area contributed by atoms with Crippen molar-refractivity contribution in [3.8, 4) is 0 Å². The van der Waals surface area contributed by atoms with Crippen LogP contribution >= 0.6 is 0 Å². The summed E-state index contributed by atoms with van der Waals surface area (Å²) in [6.07, 6.45) is 3.50. The quantitative estimate of drug-likeness (QED) is 0.317. The van der Waals surface area contributed by atoms with E-state index in [9.17, 15) is 17.2 Å². The molecule has 0 aromatic carbocycles. The predicted molar refractivity (Wildman–Crippen MR) is 131 cm³/mol. The van der Waals surface area contributed by atoms with Crippen LogP contribution in [0.3, 0.4) is 0 Å². The Bertz CT molecular complexity index is 961. The van der Waals surface area contributed by atoms with Crippen LogP contribution in [-0.4, -0.2) is 50.8 Å². The van der Waals surface area contributed by atoms with Gasteiger partial charge in [0, 0.05) is 10.1 Å². The van der Waals surface area contributed by atoms with E-state index in [4.69, 9.17) is 13.0 Å². The summed E-state index contributed by atoms with van der Waals surface area (Å²) in [5.41, 5.74) is -1.12. The molecule has 11 heteroatoms. The van der Waals surface area contributed by atoms with Gasteiger partial charge in [0.15, 0.2) is 0 Å². The molecule has 2 bridgehead atoms. The van der Waals surface area contributed by atoms with Gasteiger partial charge in [-0.05, 0) is 57.7 Å². The standard InChI is InChI=1S/C21H40O7S2Si2/c1-11-21(9)18(3,4)26-32(20(7,8)19(5,6)31(10,27-21)28-32)16-12-13-17(15(2)14-16)30(24,25)29(22)23/h14-15,17H,11-13H2,1-10H3,(H,22,23). The average molecular weight is 525 g/mol. The van der Waals surface area contributed by atoms with Gasteiger partial charge in [0.25, 0.3) is 19.0 Å². The smallest absolute Gasteiger partial charge is 0.366 e. The van der Waals surface area contributed by atoms with Gasteiger partial charge in [-0.15, -0.1) is 0 Å². The average Bonchev–Trinajstić information content (AvgIpc) is 2.71. The first-order valence-corrected chi connectivity index (χ1v) is 18.7. The molecule has 0 aromatic rings. The molecule has 6 unspecified atom stereocenters. The van der Waals surface area contributed by atoms with Crippen molar-refractivity contribution >= 4 is 36.1 Å². The van der Waals surface area contributed by atoms with Crippen molar-refractivity contribution in [2.24, 2.45) is 5.92 Å². The first-order valence-electron chi connectivity index (χ1n) is 11.4. The highest BCUT2D eigenvalue weighted by Crippen LogP contribution is 2.73. The third-order valence-electron chi connectivity index (χ3n) is 9.37. The van der Waals surface area contributed by atoms with Crippen LogP contribution in [0.5, 0.6) is 0 Å². The minimum Gasteiger partial charge on any atom is -0.411 e. The summed E-state index contributed by atoms with van der Waals surface area (Å²) in [6.45, 7) is 21.2. The first kappa shape index (κ1) is 26.7. The lowest BCUT2D eigenvalue weighted by Crippen LogP contribution is -2.63. The summed E-state index contributed by atoms with van der Waals surface area (Å²) in [6, 6.07) is 0. The van der Waals surface area contributed by atoms with Crippen molar-refractivity contribution < 1.29 is 30.1 Å². The zero-order valence-electron chi connectivity index (χ0n) is 21.1. The van der Waals surface area contributed by atoms with Crippen LogP contribution in [-0.2, 0) is 31.9 Å². The second kappa shape index (κ2) is 7.55. The molecule has 0 aromatic heterocycles. The fourth-order valence-electron chi connectivity index (χ4n) is 5.71. The molecule has 32 heavy (non-hydrogen) atoms. The lowest BCUT2D eigenvalue weighted by atomic mass is 9.85. The Hall–Kier alpha value is 0.114. The maximum absolute atomic E-state index is 12.5. The van der Waals surface area contributed by atoms with E-state index in [1.54, 1.807) is 6.92 Å². The van der Waals surface area contributed by atoms with E-state index < -0.39 is 58.5 Å². The molecule has 3 rings (SSSR count). The predicted octanol–water partition coefficient (Wildman–Crippen LogP) is 4.90. The van der Waals surface area contributed by atoms with Crippen molar-refractivity contribution in [1.29, 1.82) is 0 Å². The molecule has 2 heterocycles. The Morgan fingerprint density at radius 1 is 1.12 bits per heavy atom. The summed E-state index contributed by atoms with van der Waals surface area (Å²) < 4.78 is 67.0. The summed E-state index contributed by atoms with van der Waals surface area (Å²) in [5, 5.41) is -0.422. The Morgan fingerprint density at radius 2 is 1.69 bits per heavy atom. The maximum atomic E-state index is 12.5. The second-order valence-electron chi connectivity index (χ2n) is 11.6. The van der Waals surface area contributed by atoms with Gasteiger partial charge in [-0.3, -0.25) is 4.55 Å². The van der Waals surface area contributed by atoms with Crippen molar-refractivity contribution in [2.45, 2.75) is 115 Å². The van der Waals surface area contributed by atoms with E-state index in [0.29, 0.717) is 6.42 Å². The number of allylic oxidation sites excluding steroid dienone is 2. The molecule has 3 aliphatic rings. The molecule has 0 saturated carbocycles. The molecule has 2 saturated heterocycles. The van der Waals surface area contributed by atoms with Gasteiger partial charge in [0.05, 0.1) is 16.5 Å². The van der Waals surface area contributed by atoms with E-state index in [2.05, 4.69) is 61.9 Å². The Balaban J connectivity index is 2.21. The largest absolute Gasteiger partial charge is 0.411 e. The highest BCUT2D eigenvalue weighted by atomic mass is 33.2. The lowest BCUT2D eigenvalue weighted by molar-refractivity contribution is -0.102. The summed E-state index contributed by atoms with van der Waals surface area (Å²) >= 11 is 0. The van der Waals surface area contributed by atoms with Crippen LogP contribution in [0.2, 0.25) is 16.6 Å². The number of hydrogen-bond acceptors (Lipinski definition) is 6. The highest BCUT2D eigenvalue weighted by molar-refractivity contribution is 8.62. The number of hydrogen-bond donors (Lipinski definition) is 1. The van der Waals surface area contributed by atoms with Crippen molar-refractivity contribution in [2.75, 3.05) is 0 Å². The van der Waals surface area contributed by atoms with Crippen LogP contribution in [0.15, 0.2) is 11.3 Å². The minimum atomic E-state index is -4.13. The van der Waals surface area contributed by atoms with Crippen LogP contribution < -0.4 is 0 Å². The highest BCUT2D eigenvalue weighted by Gasteiger charge is 2.80. The molecular weight excluding hydrogens is 485 g/mol. The molecule has 1 N–H and O–H groups in total. The third kappa shape index (κ3) is 3.29. The van der Waals surface area contributed by atoms with E-state index >= 15 is 0 Å². The molecule has 7 nitrogen and oxygen atoms in total. The zero-order valence-corrected chi connectivity index (χ0v) is 24.7.